The van der Waals surface area contributed by atoms with E-state index in [1.54, 1.807) is 0 Å². The Labute approximate surface area is 117 Å². The fraction of sp³-hybridized carbons (Fsp3) is 0.333. The topological polar surface area (TPSA) is 33.2 Å². The van der Waals surface area contributed by atoms with Crippen LogP contribution >= 0.6 is 11.3 Å². The van der Waals surface area contributed by atoms with E-state index in [-0.39, 0.29) is 0 Å². The van der Waals surface area contributed by atoms with Crippen LogP contribution in [-0.4, -0.2) is 25.4 Å². The Morgan fingerprint density at radius 3 is 2.21 bits per heavy atom. The van der Waals surface area contributed by atoms with Gasteiger partial charge in [-0.2, -0.15) is 0 Å². The maximum atomic E-state index is 11.3. The lowest BCUT2D eigenvalue weighted by molar-refractivity contribution is 0.112. The van der Waals surface area contributed by atoms with Gasteiger partial charge in [0.2, 0.25) is 0 Å². The molecule has 0 aliphatic heterocycles. The molecule has 0 atom stereocenters. The molecule has 0 aliphatic rings. The maximum absolute atomic E-state index is 11.3. The van der Waals surface area contributed by atoms with E-state index in [0.29, 0.717) is 4.88 Å². The second-order valence-corrected chi connectivity index (χ2v) is 6.00. The first-order valence-electron chi connectivity index (χ1n) is 6.15. The minimum atomic E-state index is 0.693. The SMILES string of the molecule is Cc1cc(C)c(-c2nc(N(C)C)sc2C=O)c(C)c1. The summed E-state index contributed by atoms with van der Waals surface area (Å²) < 4.78 is 0. The lowest BCUT2D eigenvalue weighted by atomic mass is 9.97. The predicted octanol–water partition coefficient (Wildman–Crippen LogP) is 3.61. The van der Waals surface area contributed by atoms with Gasteiger partial charge in [-0.05, 0) is 31.9 Å². The van der Waals surface area contributed by atoms with Crippen LogP contribution in [0.15, 0.2) is 12.1 Å². The summed E-state index contributed by atoms with van der Waals surface area (Å²) in [4.78, 5) is 18.5. The van der Waals surface area contributed by atoms with Crippen molar-refractivity contribution in [2.75, 3.05) is 19.0 Å². The smallest absolute Gasteiger partial charge is 0.186 e. The second-order valence-electron chi connectivity index (χ2n) is 5.00. The number of aryl methyl sites for hydroxylation is 3. The van der Waals surface area contributed by atoms with Crippen LogP contribution in [0, 0.1) is 20.8 Å². The fourth-order valence-corrected chi connectivity index (χ4v) is 3.13. The summed E-state index contributed by atoms with van der Waals surface area (Å²) in [6, 6.07) is 4.26. The summed E-state index contributed by atoms with van der Waals surface area (Å²) in [5.74, 6) is 0. The van der Waals surface area contributed by atoms with Crippen LogP contribution in [0.1, 0.15) is 26.4 Å². The Morgan fingerprint density at radius 2 is 1.74 bits per heavy atom. The average molecular weight is 274 g/mol. The number of nitrogens with zero attached hydrogens (tertiary/aromatic N) is 2. The largest absolute Gasteiger partial charge is 0.354 e. The van der Waals surface area contributed by atoms with Crippen molar-refractivity contribution in [3.05, 3.63) is 33.7 Å². The zero-order valence-electron chi connectivity index (χ0n) is 11.9. The first-order chi connectivity index (χ1) is 8.93. The summed E-state index contributed by atoms with van der Waals surface area (Å²) in [5.41, 5.74) is 5.44. The standard InChI is InChI=1S/C15H18N2OS/c1-9-6-10(2)13(11(3)7-9)14-12(8-18)19-15(16-14)17(4)5/h6-8H,1-5H3. The maximum Gasteiger partial charge on any atom is 0.186 e. The van der Waals surface area contributed by atoms with E-state index in [1.807, 2.05) is 19.0 Å². The molecular formula is C15H18N2OS. The second kappa shape index (κ2) is 5.13. The Bertz CT molecular complexity index is 606. The van der Waals surface area contributed by atoms with E-state index >= 15 is 0 Å². The van der Waals surface area contributed by atoms with Gasteiger partial charge in [0.25, 0.3) is 0 Å². The van der Waals surface area contributed by atoms with Gasteiger partial charge in [-0.3, -0.25) is 4.79 Å². The van der Waals surface area contributed by atoms with Crippen molar-refractivity contribution in [2.24, 2.45) is 0 Å². The number of hydrogen-bond acceptors (Lipinski definition) is 4. The summed E-state index contributed by atoms with van der Waals surface area (Å²) >= 11 is 1.43. The average Bonchev–Trinajstić information content (AvgIpc) is 2.71. The minimum absolute atomic E-state index is 0.693. The van der Waals surface area contributed by atoms with Gasteiger partial charge < -0.3 is 4.90 Å². The Kier molecular flexibility index (Phi) is 3.71. The lowest BCUT2D eigenvalue weighted by Crippen LogP contribution is -2.07. The van der Waals surface area contributed by atoms with Crippen LogP contribution < -0.4 is 4.90 Å². The number of aldehydes is 1. The molecule has 2 rings (SSSR count). The van der Waals surface area contributed by atoms with Crippen LogP contribution in [0.4, 0.5) is 5.13 Å². The molecule has 0 saturated heterocycles. The Balaban J connectivity index is 2.68. The molecular weight excluding hydrogens is 256 g/mol. The number of thiazole rings is 1. The molecule has 19 heavy (non-hydrogen) atoms. The molecule has 0 amide bonds. The molecule has 0 N–H and O–H groups in total. The summed E-state index contributed by atoms with van der Waals surface area (Å²) in [6.07, 6.45) is 0.902. The quantitative estimate of drug-likeness (QED) is 0.802. The third kappa shape index (κ3) is 2.54. The molecule has 0 unspecified atom stereocenters. The highest BCUT2D eigenvalue weighted by Crippen LogP contribution is 2.35. The number of aromatic nitrogens is 1. The molecule has 3 nitrogen and oxygen atoms in total. The van der Waals surface area contributed by atoms with Crippen molar-refractivity contribution in [2.45, 2.75) is 20.8 Å². The van der Waals surface area contributed by atoms with Crippen molar-refractivity contribution < 1.29 is 4.79 Å². The molecule has 1 aromatic heterocycles. The van der Waals surface area contributed by atoms with Gasteiger partial charge in [0.1, 0.15) is 0 Å². The highest BCUT2D eigenvalue weighted by molar-refractivity contribution is 7.17. The number of carbonyl (C=O) groups is 1. The van der Waals surface area contributed by atoms with Crippen LogP contribution in [0.25, 0.3) is 11.3 Å². The minimum Gasteiger partial charge on any atom is -0.354 e. The van der Waals surface area contributed by atoms with Crippen molar-refractivity contribution >= 4 is 22.8 Å². The Morgan fingerprint density at radius 1 is 1.16 bits per heavy atom. The van der Waals surface area contributed by atoms with E-state index < -0.39 is 0 Å². The zero-order chi connectivity index (χ0) is 14.2. The molecule has 0 fully saturated rings. The molecule has 0 bridgehead atoms. The predicted molar refractivity (Wildman–Crippen MR) is 81.5 cm³/mol. The lowest BCUT2D eigenvalue weighted by Gasteiger charge is -2.10. The van der Waals surface area contributed by atoms with E-state index in [0.717, 1.165) is 33.8 Å². The third-order valence-electron chi connectivity index (χ3n) is 3.05. The van der Waals surface area contributed by atoms with Crippen LogP contribution in [0.5, 0.6) is 0 Å². The van der Waals surface area contributed by atoms with E-state index in [2.05, 4.69) is 37.9 Å². The van der Waals surface area contributed by atoms with Crippen LogP contribution in [-0.2, 0) is 0 Å². The van der Waals surface area contributed by atoms with Gasteiger partial charge in [0, 0.05) is 19.7 Å². The van der Waals surface area contributed by atoms with Crippen LogP contribution in [0.2, 0.25) is 0 Å². The molecule has 0 radical (unpaired) electrons. The van der Waals surface area contributed by atoms with Crippen LogP contribution in [0.3, 0.4) is 0 Å². The van der Waals surface area contributed by atoms with Gasteiger partial charge in [0.15, 0.2) is 11.4 Å². The molecule has 1 aromatic carbocycles. The molecule has 2 aromatic rings. The molecule has 0 spiro atoms. The van der Waals surface area contributed by atoms with Gasteiger partial charge in [-0.15, -0.1) is 0 Å². The number of rotatable bonds is 3. The monoisotopic (exact) mass is 274 g/mol. The number of hydrogen-bond donors (Lipinski definition) is 0. The number of anilines is 1. The first kappa shape index (κ1) is 13.7. The molecule has 0 aliphatic carbocycles. The summed E-state index contributed by atoms with van der Waals surface area (Å²) in [7, 11) is 3.87. The van der Waals surface area contributed by atoms with E-state index in [4.69, 9.17) is 0 Å². The van der Waals surface area contributed by atoms with E-state index in [1.165, 1.54) is 16.9 Å². The fourth-order valence-electron chi connectivity index (χ4n) is 2.32. The van der Waals surface area contributed by atoms with Gasteiger partial charge in [-0.1, -0.05) is 29.0 Å². The van der Waals surface area contributed by atoms with E-state index in [9.17, 15) is 4.79 Å². The first-order valence-corrected chi connectivity index (χ1v) is 6.97. The summed E-state index contributed by atoms with van der Waals surface area (Å²) in [5, 5.41) is 0.858. The summed E-state index contributed by atoms with van der Waals surface area (Å²) in [6.45, 7) is 6.22. The van der Waals surface area contributed by atoms with Gasteiger partial charge in [0.05, 0.1) is 10.6 Å². The number of benzene rings is 1. The van der Waals surface area contributed by atoms with Gasteiger partial charge in [-0.25, -0.2) is 4.98 Å². The zero-order valence-corrected chi connectivity index (χ0v) is 12.8. The van der Waals surface area contributed by atoms with Crippen molar-refractivity contribution in [3.63, 3.8) is 0 Å². The molecule has 4 heteroatoms. The Hall–Kier alpha value is -1.68. The molecule has 0 saturated carbocycles. The molecule has 100 valence electrons. The third-order valence-corrected chi connectivity index (χ3v) is 4.19. The highest BCUT2D eigenvalue weighted by Gasteiger charge is 2.17. The molecule has 1 heterocycles. The van der Waals surface area contributed by atoms with Crippen molar-refractivity contribution in [1.29, 1.82) is 0 Å². The van der Waals surface area contributed by atoms with Crippen molar-refractivity contribution in [1.82, 2.24) is 4.98 Å². The normalized spacial score (nSPS) is 10.6. The number of carbonyl (C=O) groups excluding carboxylic acids is 1. The van der Waals surface area contributed by atoms with Gasteiger partial charge >= 0.3 is 0 Å². The van der Waals surface area contributed by atoms with Crippen molar-refractivity contribution in [3.8, 4) is 11.3 Å². The highest BCUT2D eigenvalue weighted by atomic mass is 32.1.